The standard InChI is InChI=1S/C26H22ClF3O3/c1-16(2)22(17-11-13-19(27)14-12-17)26(31)33-24(23(28)25(29)30)18-7-6-10-21(15-18)32-20-8-4-3-5-9-20/h3-16,22,24H,1-2H3. The second-order valence-electron chi connectivity index (χ2n) is 7.69. The zero-order chi connectivity index (χ0) is 24.0. The predicted octanol–water partition coefficient (Wildman–Crippen LogP) is 8.23. The lowest BCUT2D eigenvalue weighted by Crippen LogP contribution is -2.23. The van der Waals surface area contributed by atoms with E-state index in [1.54, 1.807) is 68.4 Å². The van der Waals surface area contributed by atoms with Crippen molar-refractivity contribution in [3.05, 3.63) is 107 Å². The molecule has 0 aliphatic carbocycles. The number of hydrogen-bond donors (Lipinski definition) is 0. The van der Waals surface area contributed by atoms with Gasteiger partial charge in [-0.05, 0) is 47.9 Å². The van der Waals surface area contributed by atoms with Crippen LogP contribution in [0.5, 0.6) is 11.5 Å². The van der Waals surface area contributed by atoms with Gasteiger partial charge in [-0.2, -0.15) is 8.78 Å². The van der Waals surface area contributed by atoms with Crippen molar-refractivity contribution < 1.29 is 27.4 Å². The van der Waals surface area contributed by atoms with Crippen molar-refractivity contribution in [2.45, 2.75) is 25.9 Å². The van der Waals surface area contributed by atoms with Gasteiger partial charge in [0.1, 0.15) is 11.5 Å². The van der Waals surface area contributed by atoms with Crippen LogP contribution in [-0.4, -0.2) is 5.97 Å². The van der Waals surface area contributed by atoms with Crippen molar-refractivity contribution in [3.63, 3.8) is 0 Å². The minimum atomic E-state index is -2.56. The molecule has 3 aromatic rings. The zero-order valence-electron chi connectivity index (χ0n) is 18.0. The molecule has 2 atom stereocenters. The first-order valence-corrected chi connectivity index (χ1v) is 10.6. The van der Waals surface area contributed by atoms with Gasteiger partial charge in [0.2, 0.25) is 5.83 Å². The Labute approximate surface area is 195 Å². The maximum atomic E-state index is 14.5. The molecule has 172 valence electrons. The van der Waals surface area contributed by atoms with Gasteiger partial charge < -0.3 is 9.47 Å². The Balaban J connectivity index is 1.92. The largest absolute Gasteiger partial charge is 0.457 e. The fourth-order valence-corrected chi connectivity index (χ4v) is 3.51. The first kappa shape index (κ1) is 24.4. The minimum absolute atomic E-state index is 0.0145. The van der Waals surface area contributed by atoms with Gasteiger partial charge in [-0.15, -0.1) is 0 Å². The summed E-state index contributed by atoms with van der Waals surface area (Å²) in [6.07, 6.45) is -4.48. The lowest BCUT2D eigenvalue weighted by Gasteiger charge is -2.24. The van der Waals surface area contributed by atoms with Crippen molar-refractivity contribution in [2.75, 3.05) is 0 Å². The summed E-state index contributed by atoms with van der Waals surface area (Å²) in [5.74, 6) is -2.91. The first-order valence-electron chi connectivity index (χ1n) is 10.3. The summed E-state index contributed by atoms with van der Waals surface area (Å²) in [4.78, 5) is 13.0. The highest BCUT2D eigenvalue weighted by Gasteiger charge is 2.32. The Kier molecular flexibility index (Phi) is 8.17. The molecule has 0 aromatic heterocycles. The van der Waals surface area contributed by atoms with Crippen LogP contribution in [0.15, 0.2) is 90.8 Å². The van der Waals surface area contributed by atoms with Crippen LogP contribution in [-0.2, 0) is 9.53 Å². The van der Waals surface area contributed by atoms with Crippen molar-refractivity contribution in [2.24, 2.45) is 5.92 Å². The predicted molar refractivity (Wildman–Crippen MR) is 121 cm³/mol. The molecule has 3 nitrogen and oxygen atoms in total. The Morgan fingerprint density at radius 3 is 2.06 bits per heavy atom. The maximum Gasteiger partial charge on any atom is 0.314 e. The average Bonchev–Trinajstić information content (AvgIpc) is 2.79. The summed E-state index contributed by atoms with van der Waals surface area (Å²) in [6.45, 7) is 3.57. The molecule has 0 heterocycles. The minimum Gasteiger partial charge on any atom is -0.457 e. The summed E-state index contributed by atoms with van der Waals surface area (Å²) in [6, 6.07) is 21.2. The van der Waals surface area contributed by atoms with Gasteiger partial charge >= 0.3 is 12.0 Å². The quantitative estimate of drug-likeness (QED) is 0.308. The van der Waals surface area contributed by atoms with Gasteiger partial charge in [-0.3, -0.25) is 4.79 Å². The average molecular weight is 475 g/mol. The number of rotatable bonds is 8. The van der Waals surface area contributed by atoms with Crippen molar-refractivity contribution in [1.29, 1.82) is 0 Å². The number of para-hydroxylation sites is 1. The third-order valence-corrected chi connectivity index (χ3v) is 5.19. The van der Waals surface area contributed by atoms with Crippen LogP contribution in [0.3, 0.4) is 0 Å². The number of esters is 1. The smallest absolute Gasteiger partial charge is 0.314 e. The summed E-state index contributed by atoms with van der Waals surface area (Å²) < 4.78 is 52.1. The van der Waals surface area contributed by atoms with E-state index in [0.717, 1.165) is 0 Å². The molecule has 0 N–H and O–H groups in total. The first-order chi connectivity index (χ1) is 15.8. The van der Waals surface area contributed by atoms with E-state index in [1.807, 2.05) is 6.07 Å². The van der Waals surface area contributed by atoms with E-state index in [1.165, 1.54) is 18.2 Å². The molecule has 0 fully saturated rings. The van der Waals surface area contributed by atoms with Gasteiger partial charge in [0.15, 0.2) is 6.10 Å². The summed E-state index contributed by atoms with van der Waals surface area (Å²) in [5, 5.41) is 0.483. The molecule has 33 heavy (non-hydrogen) atoms. The van der Waals surface area contributed by atoms with Crippen molar-refractivity contribution >= 4 is 17.6 Å². The van der Waals surface area contributed by atoms with Crippen LogP contribution < -0.4 is 4.74 Å². The number of hydrogen-bond acceptors (Lipinski definition) is 3. The molecule has 2 unspecified atom stereocenters. The molecule has 0 aliphatic rings. The number of carbonyl (C=O) groups excluding carboxylic acids is 1. The van der Waals surface area contributed by atoms with Gasteiger partial charge in [0.25, 0.3) is 0 Å². The zero-order valence-corrected chi connectivity index (χ0v) is 18.7. The lowest BCUT2D eigenvalue weighted by molar-refractivity contribution is -0.151. The van der Waals surface area contributed by atoms with Crippen LogP contribution in [0.25, 0.3) is 0 Å². The van der Waals surface area contributed by atoms with E-state index >= 15 is 0 Å². The molecule has 0 radical (unpaired) electrons. The topological polar surface area (TPSA) is 35.5 Å². The second-order valence-corrected chi connectivity index (χ2v) is 8.12. The maximum absolute atomic E-state index is 14.5. The Bertz CT molecular complexity index is 1110. The number of halogens is 4. The van der Waals surface area contributed by atoms with Gasteiger partial charge in [-0.25, -0.2) is 4.39 Å². The third-order valence-electron chi connectivity index (χ3n) is 4.93. The van der Waals surface area contributed by atoms with E-state index < -0.39 is 29.9 Å². The highest BCUT2D eigenvalue weighted by atomic mass is 35.5. The van der Waals surface area contributed by atoms with Crippen LogP contribution in [0.1, 0.15) is 37.0 Å². The van der Waals surface area contributed by atoms with E-state index in [9.17, 15) is 18.0 Å². The molecule has 0 saturated carbocycles. The highest BCUT2D eigenvalue weighted by molar-refractivity contribution is 6.30. The van der Waals surface area contributed by atoms with Crippen molar-refractivity contribution in [1.82, 2.24) is 0 Å². The number of ether oxygens (including phenoxy) is 2. The van der Waals surface area contributed by atoms with Gasteiger partial charge in [-0.1, -0.05) is 67.9 Å². The normalized spacial score (nSPS) is 12.7. The second kappa shape index (κ2) is 11.1. The SMILES string of the molecule is CC(C)C(C(=O)OC(C(F)=C(F)F)c1cccc(Oc2ccccc2)c1)c1ccc(Cl)cc1. The lowest BCUT2D eigenvalue weighted by atomic mass is 9.88. The summed E-state index contributed by atoms with van der Waals surface area (Å²) in [7, 11) is 0. The molecule has 0 bridgehead atoms. The fraction of sp³-hybridized carbons (Fsp3) is 0.192. The third kappa shape index (κ3) is 6.39. The molecule has 0 saturated heterocycles. The molecule has 3 rings (SSSR count). The van der Waals surface area contributed by atoms with Crippen LogP contribution in [0, 0.1) is 5.92 Å². The monoisotopic (exact) mass is 474 g/mol. The molecule has 7 heteroatoms. The number of benzene rings is 3. The number of carbonyl (C=O) groups is 1. The fourth-order valence-electron chi connectivity index (χ4n) is 3.38. The van der Waals surface area contributed by atoms with E-state index in [0.29, 0.717) is 16.3 Å². The van der Waals surface area contributed by atoms with Crippen LogP contribution in [0.2, 0.25) is 5.02 Å². The molecular formula is C26H22ClF3O3. The van der Waals surface area contributed by atoms with E-state index in [-0.39, 0.29) is 17.2 Å². The highest BCUT2D eigenvalue weighted by Crippen LogP contribution is 2.36. The molecular weight excluding hydrogens is 453 g/mol. The van der Waals surface area contributed by atoms with Gasteiger partial charge in [0.05, 0.1) is 5.92 Å². The molecule has 3 aromatic carbocycles. The Hall–Kier alpha value is -3.25. The van der Waals surface area contributed by atoms with Crippen molar-refractivity contribution in [3.8, 4) is 11.5 Å². The Morgan fingerprint density at radius 2 is 1.45 bits per heavy atom. The van der Waals surface area contributed by atoms with Gasteiger partial charge in [0, 0.05) is 10.6 Å². The van der Waals surface area contributed by atoms with Crippen LogP contribution >= 0.6 is 11.6 Å². The summed E-state index contributed by atoms with van der Waals surface area (Å²) >= 11 is 5.92. The Morgan fingerprint density at radius 1 is 0.818 bits per heavy atom. The van der Waals surface area contributed by atoms with Crippen LogP contribution in [0.4, 0.5) is 13.2 Å². The molecule has 0 amide bonds. The summed E-state index contributed by atoms with van der Waals surface area (Å²) in [5.41, 5.74) is 0.602. The van der Waals surface area contributed by atoms with E-state index in [2.05, 4.69) is 0 Å². The van der Waals surface area contributed by atoms with E-state index in [4.69, 9.17) is 21.1 Å². The molecule has 0 aliphatic heterocycles. The molecule has 0 spiro atoms.